The molecular weight excluding hydrogens is 248 g/mol. The smallest absolute Gasteiger partial charge is 0.119 e. The Bertz CT molecular complexity index is 377. The summed E-state index contributed by atoms with van der Waals surface area (Å²) >= 11 is 0. The van der Waals surface area contributed by atoms with E-state index in [9.17, 15) is 0 Å². The van der Waals surface area contributed by atoms with E-state index in [0.717, 1.165) is 23.8 Å². The van der Waals surface area contributed by atoms with Crippen LogP contribution in [0, 0.1) is 5.92 Å². The Balaban J connectivity index is 1.51. The lowest BCUT2D eigenvalue weighted by atomic mass is 9.87. The standard InChI is InChI=1S/C18H26O2/c1-2-16-8-10-18(11-9-16)20-15-14-19-13-12-17-6-4-3-5-7-17/h2,8-11,17H,1,3-7,12-15H2. The number of hydrogen-bond donors (Lipinski definition) is 0. The second-order valence-electron chi connectivity index (χ2n) is 5.53. The van der Waals surface area contributed by atoms with E-state index >= 15 is 0 Å². The molecule has 2 heteroatoms. The summed E-state index contributed by atoms with van der Waals surface area (Å²) in [5, 5.41) is 0. The molecule has 2 rings (SSSR count). The molecule has 0 amide bonds. The minimum Gasteiger partial charge on any atom is -0.491 e. The first-order valence-electron chi connectivity index (χ1n) is 7.81. The van der Waals surface area contributed by atoms with Crippen LogP contribution in [0.25, 0.3) is 6.08 Å². The average molecular weight is 274 g/mol. The van der Waals surface area contributed by atoms with Gasteiger partial charge in [-0.05, 0) is 30.0 Å². The van der Waals surface area contributed by atoms with Gasteiger partial charge in [0.2, 0.25) is 0 Å². The molecule has 1 aliphatic rings. The summed E-state index contributed by atoms with van der Waals surface area (Å²) in [4.78, 5) is 0. The first-order chi connectivity index (χ1) is 9.88. The fraction of sp³-hybridized carbons (Fsp3) is 0.556. The minimum atomic E-state index is 0.623. The third kappa shape index (κ3) is 5.38. The van der Waals surface area contributed by atoms with Gasteiger partial charge in [-0.15, -0.1) is 0 Å². The van der Waals surface area contributed by atoms with Gasteiger partial charge < -0.3 is 9.47 Å². The lowest BCUT2D eigenvalue weighted by Crippen LogP contribution is -2.12. The predicted octanol–water partition coefficient (Wildman–Crippen LogP) is 4.70. The van der Waals surface area contributed by atoms with Crippen LogP contribution in [0.5, 0.6) is 5.75 Å². The molecule has 1 saturated carbocycles. The van der Waals surface area contributed by atoms with Crippen molar-refractivity contribution in [1.29, 1.82) is 0 Å². The van der Waals surface area contributed by atoms with Crippen molar-refractivity contribution >= 4 is 6.08 Å². The molecule has 1 aliphatic carbocycles. The third-order valence-corrected chi connectivity index (χ3v) is 4.01. The lowest BCUT2D eigenvalue weighted by molar-refractivity contribution is 0.0861. The molecule has 0 bridgehead atoms. The van der Waals surface area contributed by atoms with Crippen molar-refractivity contribution in [2.75, 3.05) is 19.8 Å². The fourth-order valence-electron chi connectivity index (χ4n) is 2.75. The van der Waals surface area contributed by atoms with Crippen molar-refractivity contribution < 1.29 is 9.47 Å². The van der Waals surface area contributed by atoms with Gasteiger partial charge in [-0.25, -0.2) is 0 Å². The number of ether oxygens (including phenoxy) is 2. The Labute approximate surface area is 122 Å². The maximum Gasteiger partial charge on any atom is 0.119 e. The zero-order chi connectivity index (χ0) is 14.0. The van der Waals surface area contributed by atoms with Crippen LogP contribution >= 0.6 is 0 Å². The maximum absolute atomic E-state index is 5.66. The number of hydrogen-bond acceptors (Lipinski definition) is 2. The Hall–Kier alpha value is -1.28. The molecule has 0 aliphatic heterocycles. The van der Waals surface area contributed by atoms with Gasteiger partial charge in [-0.3, -0.25) is 0 Å². The van der Waals surface area contributed by atoms with E-state index in [-0.39, 0.29) is 0 Å². The van der Waals surface area contributed by atoms with Gasteiger partial charge in [-0.1, -0.05) is 56.9 Å². The van der Waals surface area contributed by atoms with Crippen molar-refractivity contribution in [3.8, 4) is 5.75 Å². The highest BCUT2D eigenvalue weighted by Crippen LogP contribution is 2.26. The summed E-state index contributed by atoms with van der Waals surface area (Å²) in [6.45, 7) is 5.91. The van der Waals surface area contributed by atoms with Gasteiger partial charge in [-0.2, -0.15) is 0 Å². The van der Waals surface area contributed by atoms with Crippen LogP contribution in [0.15, 0.2) is 30.8 Å². The van der Waals surface area contributed by atoms with Crippen LogP contribution in [0.2, 0.25) is 0 Å². The summed E-state index contributed by atoms with van der Waals surface area (Å²) < 4.78 is 11.3. The molecule has 0 radical (unpaired) electrons. The molecule has 0 saturated heterocycles. The monoisotopic (exact) mass is 274 g/mol. The van der Waals surface area contributed by atoms with Gasteiger partial charge in [0.15, 0.2) is 0 Å². The summed E-state index contributed by atoms with van der Waals surface area (Å²) in [5.74, 6) is 1.79. The van der Waals surface area contributed by atoms with E-state index in [1.54, 1.807) is 0 Å². The number of benzene rings is 1. The Kier molecular flexibility index (Phi) is 6.65. The highest BCUT2D eigenvalue weighted by atomic mass is 16.5. The molecule has 1 aromatic carbocycles. The van der Waals surface area contributed by atoms with E-state index < -0.39 is 0 Å². The topological polar surface area (TPSA) is 18.5 Å². The second kappa shape index (κ2) is 8.80. The first kappa shape index (κ1) is 15.1. The highest BCUT2D eigenvalue weighted by molar-refractivity contribution is 5.48. The van der Waals surface area contributed by atoms with E-state index in [0.29, 0.717) is 13.2 Å². The first-order valence-corrected chi connectivity index (χ1v) is 7.81. The van der Waals surface area contributed by atoms with Gasteiger partial charge in [0.05, 0.1) is 6.61 Å². The van der Waals surface area contributed by atoms with Gasteiger partial charge in [0.1, 0.15) is 12.4 Å². The van der Waals surface area contributed by atoms with Gasteiger partial charge in [0, 0.05) is 6.61 Å². The van der Waals surface area contributed by atoms with Crippen molar-refractivity contribution in [2.24, 2.45) is 5.92 Å². The molecule has 20 heavy (non-hydrogen) atoms. The van der Waals surface area contributed by atoms with Crippen LogP contribution < -0.4 is 4.74 Å². The predicted molar refractivity (Wildman–Crippen MR) is 84.0 cm³/mol. The van der Waals surface area contributed by atoms with Gasteiger partial charge in [0.25, 0.3) is 0 Å². The minimum absolute atomic E-state index is 0.623. The van der Waals surface area contributed by atoms with Gasteiger partial charge >= 0.3 is 0 Å². The second-order valence-corrected chi connectivity index (χ2v) is 5.53. The maximum atomic E-state index is 5.66. The SMILES string of the molecule is C=Cc1ccc(OCCOCCC2CCCCC2)cc1. The average Bonchev–Trinajstić information content (AvgIpc) is 2.52. The fourth-order valence-corrected chi connectivity index (χ4v) is 2.75. The summed E-state index contributed by atoms with van der Waals surface area (Å²) in [6, 6.07) is 7.95. The van der Waals surface area contributed by atoms with E-state index in [1.807, 2.05) is 30.3 Å². The molecule has 0 atom stereocenters. The Morgan fingerprint density at radius 3 is 2.45 bits per heavy atom. The zero-order valence-corrected chi connectivity index (χ0v) is 12.4. The van der Waals surface area contributed by atoms with Crippen LogP contribution in [-0.4, -0.2) is 19.8 Å². The van der Waals surface area contributed by atoms with Crippen molar-refractivity contribution in [3.63, 3.8) is 0 Å². The van der Waals surface area contributed by atoms with E-state index in [4.69, 9.17) is 9.47 Å². The molecule has 1 aromatic rings. The van der Waals surface area contributed by atoms with Crippen LogP contribution in [0.4, 0.5) is 0 Å². The molecule has 0 aromatic heterocycles. The molecule has 0 N–H and O–H groups in total. The molecule has 1 fully saturated rings. The number of rotatable bonds is 8. The normalized spacial score (nSPS) is 16.0. The summed E-state index contributed by atoms with van der Waals surface area (Å²) in [7, 11) is 0. The molecule has 0 spiro atoms. The highest BCUT2D eigenvalue weighted by Gasteiger charge is 2.12. The van der Waals surface area contributed by atoms with Crippen LogP contribution in [0.1, 0.15) is 44.1 Å². The molecule has 0 heterocycles. The Morgan fingerprint density at radius 2 is 1.75 bits per heavy atom. The lowest BCUT2D eigenvalue weighted by Gasteiger charge is -2.21. The quantitative estimate of drug-likeness (QED) is 0.640. The van der Waals surface area contributed by atoms with Crippen molar-refractivity contribution in [1.82, 2.24) is 0 Å². The molecule has 110 valence electrons. The van der Waals surface area contributed by atoms with Crippen molar-refractivity contribution in [3.05, 3.63) is 36.4 Å². The molecular formula is C18H26O2. The van der Waals surface area contributed by atoms with E-state index in [2.05, 4.69) is 6.58 Å². The zero-order valence-electron chi connectivity index (χ0n) is 12.4. The molecule has 2 nitrogen and oxygen atoms in total. The summed E-state index contributed by atoms with van der Waals surface area (Å²) in [6.07, 6.45) is 10.1. The van der Waals surface area contributed by atoms with Crippen LogP contribution in [0.3, 0.4) is 0 Å². The van der Waals surface area contributed by atoms with E-state index in [1.165, 1.54) is 38.5 Å². The van der Waals surface area contributed by atoms with Crippen LogP contribution in [-0.2, 0) is 4.74 Å². The largest absolute Gasteiger partial charge is 0.491 e. The summed E-state index contributed by atoms with van der Waals surface area (Å²) in [5.41, 5.74) is 1.11. The molecule has 0 unspecified atom stereocenters. The third-order valence-electron chi connectivity index (χ3n) is 4.01. The Morgan fingerprint density at radius 1 is 1.00 bits per heavy atom. The van der Waals surface area contributed by atoms with Crippen molar-refractivity contribution in [2.45, 2.75) is 38.5 Å².